The zero-order chi connectivity index (χ0) is 22.0. The molecule has 1 saturated heterocycles. The summed E-state index contributed by atoms with van der Waals surface area (Å²) in [7, 11) is 3.41. The van der Waals surface area contributed by atoms with E-state index in [1.165, 1.54) is 11.3 Å². The molecule has 1 fully saturated rings. The second-order valence-electron chi connectivity index (χ2n) is 7.50. The Balaban J connectivity index is 1.51. The van der Waals surface area contributed by atoms with Gasteiger partial charge in [-0.25, -0.2) is 9.37 Å². The van der Waals surface area contributed by atoms with Crippen LogP contribution in [0.5, 0.6) is 5.75 Å². The molecule has 1 aliphatic heterocycles. The van der Waals surface area contributed by atoms with Gasteiger partial charge in [-0.2, -0.15) is 5.10 Å². The van der Waals surface area contributed by atoms with Crippen LogP contribution < -0.4 is 15.8 Å². The van der Waals surface area contributed by atoms with Gasteiger partial charge in [0.2, 0.25) is 0 Å². The van der Waals surface area contributed by atoms with Crippen LogP contribution in [0.3, 0.4) is 0 Å². The van der Waals surface area contributed by atoms with Crippen LogP contribution in [0.1, 0.15) is 36.6 Å². The molecule has 3 heterocycles. The molecule has 0 aliphatic carbocycles. The Kier molecular flexibility index (Phi) is 6.51. The maximum Gasteiger partial charge on any atom is 0.169 e. The zero-order valence-corrected chi connectivity index (χ0v) is 18.2. The number of aromatic nitrogens is 3. The lowest BCUT2D eigenvalue weighted by Gasteiger charge is -2.19. The van der Waals surface area contributed by atoms with E-state index in [0.29, 0.717) is 24.2 Å². The third-order valence-corrected chi connectivity index (χ3v) is 6.29. The average Bonchev–Trinajstić information content (AvgIpc) is 3.37. The fourth-order valence-electron chi connectivity index (χ4n) is 3.62. The molecule has 0 spiro atoms. The third-order valence-electron chi connectivity index (χ3n) is 5.38. The summed E-state index contributed by atoms with van der Waals surface area (Å²) in [5.41, 5.74) is 8.60. The van der Waals surface area contributed by atoms with Crippen molar-refractivity contribution in [2.75, 3.05) is 19.0 Å². The Morgan fingerprint density at radius 1 is 1.42 bits per heavy atom. The molecule has 4 N–H and O–H groups in total. The predicted molar refractivity (Wildman–Crippen MR) is 117 cm³/mol. The SMILES string of the molecule is COc1cccc(-c2nc(C(O)Nc3cnn(C)c3[C@@H]3CC[C@@H](N)[C@H](F)CO3)cs2)c1. The second-order valence-corrected chi connectivity index (χ2v) is 8.36. The molecule has 10 heteroatoms. The molecular formula is C21H26FN5O3S. The molecule has 4 rings (SSSR count). The van der Waals surface area contributed by atoms with Crippen LogP contribution in [0, 0.1) is 0 Å². The second kappa shape index (κ2) is 9.31. The molecular weight excluding hydrogens is 421 g/mol. The van der Waals surface area contributed by atoms with Crippen molar-refractivity contribution in [2.24, 2.45) is 12.8 Å². The molecule has 1 aliphatic rings. The molecule has 31 heavy (non-hydrogen) atoms. The van der Waals surface area contributed by atoms with Crippen LogP contribution >= 0.6 is 11.3 Å². The molecule has 8 nitrogen and oxygen atoms in total. The highest BCUT2D eigenvalue weighted by atomic mass is 32.1. The van der Waals surface area contributed by atoms with Gasteiger partial charge in [0, 0.05) is 24.0 Å². The number of thiazole rings is 1. The smallest absolute Gasteiger partial charge is 0.169 e. The summed E-state index contributed by atoms with van der Waals surface area (Å²) >= 11 is 1.43. The van der Waals surface area contributed by atoms with Gasteiger partial charge in [-0.1, -0.05) is 12.1 Å². The summed E-state index contributed by atoms with van der Waals surface area (Å²) < 4.78 is 26.6. The number of nitrogens with two attached hydrogens (primary N) is 1. The van der Waals surface area contributed by atoms with E-state index in [0.717, 1.165) is 22.0 Å². The molecule has 3 aromatic rings. The number of anilines is 1. The number of benzene rings is 1. The number of hydrogen-bond donors (Lipinski definition) is 3. The first-order chi connectivity index (χ1) is 15.0. The van der Waals surface area contributed by atoms with Gasteiger partial charge in [0.25, 0.3) is 0 Å². The minimum atomic E-state index is -1.19. The molecule has 0 bridgehead atoms. The van der Waals surface area contributed by atoms with Crippen molar-refractivity contribution in [3.05, 3.63) is 47.2 Å². The van der Waals surface area contributed by atoms with Crippen molar-refractivity contribution in [3.8, 4) is 16.3 Å². The van der Waals surface area contributed by atoms with Crippen LogP contribution in [0.2, 0.25) is 0 Å². The molecule has 4 atom stereocenters. The van der Waals surface area contributed by atoms with Gasteiger partial charge in [-0.15, -0.1) is 11.3 Å². The number of nitrogens with zero attached hydrogens (tertiary/aromatic N) is 3. The molecule has 1 unspecified atom stereocenters. The van der Waals surface area contributed by atoms with E-state index >= 15 is 0 Å². The van der Waals surface area contributed by atoms with Crippen molar-refractivity contribution < 1.29 is 19.0 Å². The molecule has 166 valence electrons. The summed E-state index contributed by atoms with van der Waals surface area (Å²) in [6, 6.07) is 7.06. The number of aliphatic hydroxyl groups excluding tert-OH is 1. The Morgan fingerprint density at radius 3 is 3.06 bits per heavy atom. The lowest BCUT2D eigenvalue weighted by molar-refractivity contribution is 0.0246. The van der Waals surface area contributed by atoms with Gasteiger partial charge >= 0.3 is 0 Å². The number of hydrogen-bond acceptors (Lipinski definition) is 8. The maximum atomic E-state index is 13.9. The lowest BCUT2D eigenvalue weighted by atomic mass is 10.0. The Hall–Kier alpha value is -2.53. The minimum absolute atomic E-state index is 0.0605. The number of methoxy groups -OCH3 is 1. The summed E-state index contributed by atoms with van der Waals surface area (Å²) in [6.07, 6.45) is 0.106. The van der Waals surface area contributed by atoms with Gasteiger partial charge in [-0.3, -0.25) is 4.68 Å². The van der Waals surface area contributed by atoms with E-state index in [-0.39, 0.29) is 12.7 Å². The number of aryl methyl sites for hydroxylation is 1. The number of alkyl halides is 1. The summed E-state index contributed by atoms with van der Waals surface area (Å²) in [4.78, 5) is 4.56. The van der Waals surface area contributed by atoms with Gasteiger partial charge in [0.1, 0.15) is 28.7 Å². The predicted octanol–water partition coefficient (Wildman–Crippen LogP) is 3.17. The van der Waals surface area contributed by atoms with Gasteiger partial charge in [-0.05, 0) is 25.0 Å². The topological polar surface area (TPSA) is 107 Å². The monoisotopic (exact) mass is 447 g/mol. The van der Waals surface area contributed by atoms with E-state index < -0.39 is 18.4 Å². The fraction of sp³-hybridized carbons (Fsp3) is 0.429. The third kappa shape index (κ3) is 4.72. The van der Waals surface area contributed by atoms with Crippen molar-refractivity contribution in [3.63, 3.8) is 0 Å². The standard InChI is InChI=1S/C21H26FN5O3S/c1-27-19(18-7-6-15(23)14(22)10-30-18)16(9-24-27)25-20(28)17-11-31-21(26-17)12-4-3-5-13(8-12)29-2/h3-5,8-9,11,14-15,18,20,25,28H,6-7,10,23H2,1-2H3/t14-,15-,18+,20?/m1/s1. The quantitative estimate of drug-likeness (QED) is 0.498. The first-order valence-corrected chi connectivity index (χ1v) is 10.9. The van der Waals surface area contributed by atoms with Crippen molar-refractivity contribution >= 4 is 17.0 Å². The van der Waals surface area contributed by atoms with Crippen LogP contribution in [-0.2, 0) is 11.8 Å². The van der Waals surface area contributed by atoms with E-state index in [9.17, 15) is 9.50 Å². The van der Waals surface area contributed by atoms with Crippen LogP contribution in [0.4, 0.5) is 10.1 Å². The number of rotatable bonds is 6. The summed E-state index contributed by atoms with van der Waals surface area (Å²) in [5, 5.41) is 20.7. The maximum absolute atomic E-state index is 13.9. The molecule has 0 saturated carbocycles. The molecule has 1 aromatic carbocycles. The average molecular weight is 448 g/mol. The highest BCUT2D eigenvalue weighted by Crippen LogP contribution is 2.34. The normalized spacial score (nSPS) is 22.7. The summed E-state index contributed by atoms with van der Waals surface area (Å²) in [5.74, 6) is 0.742. The number of nitrogens with one attached hydrogen (secondary N) is 1. The summed E-state index contributed by atoms with van der Waals surface area (Å²) in [6.45, 7) is -0.0605. The molecule has 0 radical (unpaired) electrons. The fourth-order valence-corrected chi connectivity index (χ4v) is 4.45. The van der Waals surface area contributed by atoms with Crippen LogP contribution in [0.25, 0.3) is 10.6 Å². The minimum Gasteiger partial charge on any atom is -0.497 e. The van der Waals surface area contributed by atoms with E-state index in [1.54, 1.807) is 30.4 Å². The Labute approximate surface area is 183 Å². The van der Waals surface area contributed by atoms with Crippen molar-refractivity contribution in [2.45, 2.75) is 37.4 Å². The Morgan fingerprint density at radius 2 is 2.26 bits per heavy atom. The van der Waals surface area contributed by atoms with Gasteiger partial charge in [0.05, 0.1) is 31.3 Å². The van der Waals surface area contributed by atoms with Gasteiger partial charge in [0.15, 0.2) is 6.23 Å². The molecule has 2 aromatic heterocycles. The first-order valence-electron chi connectivity index (χ1n) is 10.0. The van der Waals surface area contributed by atoms with Gasteiger partial charge < -0.3 is 25.6 Å². The largest absolute Gasteiger partial charge is 0.497 e. The number of aliphatic hydroxyl groups is 1. The van der Waals surface area contributed by atoms with Crippen LogP contribution in [-0.4, -0.2) is 45.8 Å². The molecule has 0 amide bonds. The van der Waals surface area contributed by atoms with Crippen molar-refractivity contribution in [1.82, 2.24) is 14.8 Å². The van der Waals surface area contributed by atoms with Crippen molar-refractivity contribution in [1.29, 1.82) is 0 Å². The van der Waals surface area contributed by atoms with E-state index in [2.05, 4.69) is 15.4 Å². The van der Waals surface area contributed by atoms with E-state index in [1.807, 2.05) is 24.3 Å². The zero-order valence-electron chi connectivity index (χ0n) is 17.4. The highest BCUT2D eigenvalue weighted by Gasteiger charge is 2.30. The first kappa shape index (κ1) is 21.7. The number of halogens is 1. The van der Waals surface area contributed by atoms with Crippen LogP contribution in [0.15, 0.2) is 35.8 Å². The highest BCUT2D eigenvalue weighted by molar-refractivity contribution is 7.13. The van der Waals surface area contributed by atoms with E-state index in [4.69, 9.17) is 15.2 Å². The number of ether oxygens (including phenoxy) is 2. The lowest BCUT2D eigenvalue weighted by Crippen LogP contribution is -2.32. The Bertz CT molecular complexity index is 1010.